The Kier molecular flexibility index (Phi) is 16.2. The maximum atomic E-state index is 7.33. The molecule has 0 aromatic heterocycles. The Hall–Kier alpha value is -0.120. The largest absolute Gasteiger partial charge is 0.151 e. The Labute approximate surface area is 448 Å². The van der Waals surface area contributed by atoms with Crippen molar-refractivity contribution in [2.24, 2.45) is 0 Å². The van der Waals surface area contributed by atoms with Crippen molar-refractivity contribution >= 4 is 222 Å². The van der Waals surface area contributed by atoms with Gasteiger partial charge in [-0.2, -0.15) is 25.3 Å². The van der Waals surface area contributed by atoms with Gasteiger partial charge >= 0.3 is 0 Å². The van der Waals surface area contributed by atoms with Gasteiger partial charge in [0.25, 0.3) is 0 Å². The summed E-state index contributed by atoms with van der Waals surface area (Å²) in [6.07, 6.45) is 12.7. The van der Waals surface area contributed by atoms with Gasteiger partial charge in [-0.05, 0) is 81.3 Å². The van der Waals surface area contributed by atoms with Gasteiger partial charge in [0.2, 0.25) is 0 Å². The van der Waals surface area contributed by atoms with Crippen molar-refractivity contribution in [2.45, 2.75) is 12.8 Å². The lowest BCUT2D eigenvalue weighted by molar-refractivity contribution is 1.27. The van der Waals surface area contributed by atoms with Gasteiger partial charge in [0, 0.05) is 44.5 Å². The van der Waals surface area contributed by atoms with Gasteiger partial charge in [-0.1, -0.05) is 222 Å². The average Bonchev–Trinajstić information content (AvgIpc) is 3.27. The van der Waals surface area contributed by atoms with Crippen LogP contribution >= 0.6 is 211 Å². The van der Waals surface area contributed by atoms with Crippen LogP contribution in [0.4, 0.5) is 0 Å². The van der Waals surface area contributed by atoms with E-state index in [0.717, 1.165) is 11.1 Å². The minimum Gasteiger partial charge on any atom is -0.151 e. The van der Waals surface area contributed by atoms with E-state index in [0.29, 0.717) is 57.4 Å². The number of benzene rings is 5. The van der Waals surface area contributed by atoms with Gasteiger partial charge in [0.05, 0.1) is 80.4 Å². The van der Waals surface area contributed by atoms with E-state index in [1.54, 1.807) is 35.1 Å². The van der Waals surface area contributed by atoms with Crippen molar-refractivity contribution < 1.29 is 0 Å². The predicted octanol–water partition coefficient (Wildman–Crippen LogP) is 23.1. The predicted molar refractivity (Wildman–Crippen MR) is 286 cm³/mol. The SMILES string of the molecule is SC=C1C=CC(c2c(C3=CCC(=CS)C=C3)c(-c3cc(Cl)c(Cl)c(Cl)c3Cl)c(-c3cc(Cl)c(Cl)c(Cl)c3Cl)c(-c3cc(Cl)c(Cl)c(Cl)c3Cl)c2-c2cc(Cl)c(Cl)c(Cl)c2Cl)=CC1. The summed E-state index contributed by atoms with van der Waals surface area (Å²) in [5.74, 6) is 0. The van der Waals surface area contributed by atoms with Gasteiger partial charge in [-0.15, -0.1) is 0 Å². The van der Waals surface area contributed by atoms with Crippen LogP contribution in [-0.2, 0) is 0 Å². The minimum atomic E-state index is -0.0728. The molecule has 0 N–H and O–H groups in total. The molecule has 0 saturated heterocycles. The molecule has 2 aliphatic rings. The first-order valence-electron chi connectivity index (χ1n) is 17.3. The molecule has 318 valence electrons. The van der Waals surface area contributed by atoms with E-state index in [4.69, 9.17) is 186 Å². The van der Waals surface area contributed by atoms with E-state index in [9.17, 15) is 0 Å². The lowest BCUT2D eigenvalue weighted by Crippen LogP contribution is -2.08. The lowest BCUT2D eigenvalue weighted by atomic mass is 9.72. The summed E-state index contributed by atoms with van der Waals surface area (Å²) < 4.78 is 0. The number of thiol groups is 2. The number of halogens is 16. The van der Waals surface area contributed by atoms with Crippen LogP contribution < -0.4 is 0 Å². The van der Waals surface area contributed by atoms with Crippen molar-refractivity contribution in [3.63, 3.8) is 0 Å². The molecule has 0 atom stereocenters. The zero-order valence-corrected chi connectivity index (χ0v) is 44.2. The summed E-state index contributed by atoms with van der Waals surface area (Å²) >= 11 is 120. The van der Waals surface area contributed by atoms with Crippen LogP contribution in [0.15, 0.2) is 82.7 Å². The molecule has 0 spiro atoms. The summed E-state index contributed by atoms with van der Waals surface area (Å²) in [7, 11) is 0. The van der Waals surface area contributed by atoms with Crippen LogP contribution in [0.25, 0.3) is 55.7 Å². The number of hydrogen-bond donors (Lipinski definition) is 2. The van der Waals surface area contributed by atoms with Crippen molar-refractivity contribution in [3.8, 4) is 44.5 Å². The summed E-state index contributed by atoms with van der Waals surface area (Å²) in [5, 5.41) is 3.42. The summed E-state index contributed by atoms with van der Waals surface area (Å²) in [4.78, 5) is 0. The maximum Gasteiger partial charge on any atom is 0.0800 e. The second-order valence-electron chi connectivity index (χ2n) is 13.4. The monoisotopic (exact) mass is 1170 g/mol. The highest BCUT2D eigenvalue weighted by Crippen LogP contribution is 2.61. The molecule has 0 radical (unpaired) electrons. The molecule has 62 heavy (non-hydrogen) atoms. The summed E-state index contributed by atoms with van der Waals surface area (Å²) in [6, 6.07) is 6.28. The summed E-state index contributed by atoms with van der Waals surface area (Å²) in [6.45, 7) is 0. The van der Waals surface area contributed by atoms with E-state index in [1.807, 2.05) is 36.5 Å². The topological polar surface area (TPSA) is 0 Å². The van der Waals surface area contributed by atoms with Gasteiger partial charge in [0.1, 0.15) is 0 Å². The van der Waals surface area contributed by atoms with Crippen molar-refractivity contribution in [1.29, 1.82) is 0 Å². The van der Waals surface area contributed by atoms with Gasteiger partial charge in [-0.3, -0.25) is 0 Å². The van der Waals surface area contributed by atoms with Crippen molar-refractivity contribution in [3.05, 3.63) is 174 Å². The Morgan fingerprint density at radius 2 is 0.548 bits per heavy atom. The van der Waals surface area contributed by atoms with Gasteiger partial charge in [0.15, 0.2) is 0 Å². The molecule has 0 aliphatic heterocycles. The molecule has 5 aromatic rings. The van der Waals surface area contributed by atoms with Gasteiger partial charge < -0.3 is 0 Å². The highest BCUT2D eigenvalue weighted by atomic mass is 35.5. The fourth-order valence-corrected chi connectivity index (χ4v) is 11.1. The molecule has 0 amide bonds. The molecule has 0 nitrogen and oxygen atoms in total. The van der Waals surface area contributed by atoms with Crippen LogP contribution in [0.5, 0.6) is 0 Å². The van der Waals surface area contributed by atoms with Crippen LogP contribution in [0, 0.1) is 0 Å². The Morgan fingerprint density at radius 1 is 0.306 bits per heavy atom. The zero-order valence-electron chi connectivity index (χ0n) is 30.3. The Balaban J connectivity index is 1.96. The molecule has 18 heteroatoms. The standard InChI is InChI=1S/C44H18Cl16S2/c45-23-9-19(33(49)41(57)37(23)53)29-27(17-5-1-15(13-61)2-6-17)28(18-7-3-16(14-62)4-8-18)30(20-10-24(46)38(54)42(58)34(20)50)32(22-12-26(48)40(56)44(60)36(22)52)31(29)21-11-25(47)39(55)43(59)35(21)51/h1,3,5-14,61-62H,2,4H2. The third-order valence-corrected chi connectivity index (χ3v) is 17.6. The molecular weight excluding hydrogens is 1160 g/mol. The van der Waals surface area contributed by atoms with E-state index >= 15 is 0 Å². The number of allylic oxidation sites excluding steroid dienone is 10. The fourth-order valence-electron chi connectivity index (χ4n) is 7.11. The van der Waals surface area contributed by atoms with Crippen LogP contribution in [0.3, 0.4) is 0 Å². The Morgan fingerprint density at radius 3 is 0.758 bits per heavy atom. The molecule has 2 aliphatic carbocycles. The van der Waals surface area contributed by atoms with Crippen molar-refractivity contribution in [1.82, 2.24) is 0 Å². The molecule has 0 unspecified atom stereocenters. The van der Waals surface area contributed by atoms with Crippen LogP contribution in [0.2, 0.25) is 80.4 Å². The molecular formula is C44H18Cl16S2. The van der Waals surface area contributed by atoms with E-state index < -0.39 is 0 Å². The number of hydrogen-bond acceptors (Lipinski definition) is 2. The Bertz CT molecular complexity index is 2790. The van der Waals surface area contributed by atoms with Crippen molar-refractivity contribution in [2.75, 3.05) is 0 Å². The normalized spacial score (nSPS) is 15.3. The van der Waals surface area contributed by atoms with Crippen LogP contribution in [0.1, 0.15) is 24.0 Å². The number of rotatable bonds is 6. The third-order valence-electron chi connectivity index (χ3n) is 9.97. The minimum absolute atomic E-state index is 0.0117. The van der Waals surface area contributed by atoms with E-state index in [1.165, 1.54) is 0 Å². The third kappa shape index (κ3) is 9.00. The lowest BCUT2D eigenvalue weighted by Gasteiger charge is -2.32. The van der Waals surface area contributed by atoms with Gasteiger partial charge in [-0.25, -0.2) is 0 Å². The molecule has 7 rings (SSSR count). The quantitative estimate of drug-likeness (QED) is 0.0945. The van der Waals surface area contributed by atoms with Crippen LogP contribution in [-0.4, -0.2) is 0 Å². The van der Waals surface area contributed by atoms with E-state index in [-0.39, 0.29) is 103 Å². The highest BCUT2D eigenvalue weighted by molar-refractivity contribution is 7.83. The first-order chi connectivity index (χ1) is 29.3. The highest BCUT2D eigenvalue weighted by Gasteiger charge is 2.36. The molecule has 0 heterocycles. The van der Waals surface area contributed by atoms with E-state index in [2.05, 4.69) is 25.3 Å². The molecule has 0 fully saturated rings. The second-order valence-corrected chi connectivity index (χ2v) is 20.1. The fraction of sp³-hybridized carbons (Fsp3) is 0.0455. The first kappa shape index (κ1) is 49.8. The molecule has 0 saturated carbocycles. The maximum absolute atomic E-state index is 7.33. The average molecular weight is 1180 g/mol. The zero-order chi connectivity index (χ0) is 45.2. The smallest absolute Gasteiger partial charge is 0.0800 e. The molecule has 5 aromatic carbocycles. The second kappa shape index (κ2) is 20.2. The molecule has 0 bridgehead atoms. The first-order valence-corrected chi connectivity index (χ1v) is 24.4. The summed E-state index contributed by atoms with van der Waals surface area (Å²) in [5.41, 5.74) is 6.73.